The number of nitrogens with one attached hydrogen (secondary N) is 1. The summed E-state index contributed by atoms with van der Waals surface area (Å²) >= 11 is 0. The van der Waals surface area contributed by atoms with Crippen LogP contribution in [0.15, 0.2) is 18.3 Å². The molecule has 19 heavy (non-hydrogen) atoms. The second-order valence-corrected chi connectivity index (χ2v) is 5.14. The van der Waals surface area contributed by atoms with Crippen molar-refractivity contribution < 1.29 is 9.53 Å². The molecule has 1 N–H and O–H groups in total. The van der Waals surface area contributed by atoms with E-state index in [1.807, 2.05) is 12.1 Å². The van der Waals surface area contributed by atoms with E-state index in [0.717, 1.165) is 17.9 Å². The molecular formula is C15H22N2O2. The van der Waals surface area contributed by atoms with Crippen LogP contribution in [0.1, 0.15) is 44.1 Å². The SMILES string of the molecule is COc1ncccc1CNC(=O)CCC1CCCC1. The Hall–Kier alpha value is -1.58. The van der Waals surface area contributed by atoms with Crippen molar-refractivity contribution in [1.29, 1.82) is 0 Å². The number of ether oxygens (including phenoxy) is 1. The summed E-state index contributed by atoms with van der Waals surface area (Å²) in [5, 5.41) is 2.94. The van der Waals surface area contributed by atoms with E-state index in [1.54, 1.807) is 13.3 Å². The van der Waals surface area contributed by atoms with Gasteiger partial charge < -0.3 is 10.1 Å². The molecule has 0 aromatic carbocycles. The molecule has 2 rings (SSSR count). The number of hydrogen-bond donors (Lipinski definition) is 1. The van der Waals surface area contributed by atoms with E-state index >= 15 is 0 Å². The smallest absolute Gasteiger partial charge is 0.220 e. The molecule has 0 bridgehead atoms. The van der Waals surface area contributed by atoms with Gasteiger partial charge >= 0.3 is 0 Å². The number of pyridine rings is 1. The fourth-order valence-corrected chi connectivity index (χ4v) is 2.66. The monoisotopic (exact) mass is 262 g/mol. The highest BCUT2D eigenvalue weighted by molar-refractivity contribution is 5.75. The van der Waals surface area contributed by atoms with Gasteiger partial charge in [-0.25, -0.2) is 4.98 Å². The highest BCUT2D eigenvalue weighted by Gasteiger charge is 2.16. The summed E-state index contributed by atoms with van der Waals surface area (Å²) in [6.07, 6.45) is 8.60. The number of amides is 1. The van der Waals surface area contributed by atoms with Crippen molar-refractivity contribution in [2.24, 2.45) is 5.92 Å². The molecule has 1 amide bonds. The molecule has 1 heterocycles. The summed E-state index contributed by atoms with van der Waals surface area (Å²) in [5.74, 6) is 1.47. The summed E-state index contributed by atoms with van der Waals surface area (Å²) in [4.78, 5) is 15.9. The molecule has 1 saturated carbocycles. The number of aromatic nitrogens is 1. The number of hydrogen-bond acceptors (Lipinski definition) is 3. The van der Waals surface area contributed by atoms with E-state index < -0.39 is 0 Å². The normalized spacial score (nSPS) is 15.4. The maximum atomic E-state index is 11.8. The van der Waals surface area contributed by atoms with Crippen LogP contribution in [-0.2, 0) is 11.3 Å². The molecule has 4 nitrogen and oxygen atoms in total. The number of nitrogens with zero attached hydrogens (tertiary/aromatic N) is 1. The van der Waals surface area contributed by atoms with E-state index in [1.165, 1.54) is 25.7 Å². The molecule has 1 aromatic rings. The maximum absolute atomic E-state index is 11.8. The molecular weight excluding hydrogens is 240 g/mol. The van der Waals surface area contributed by atoms with Gasteiger partial charge in [-0.1, -0.05) is 31.7 Å². The van der Waals surface area contributed by atoms with Gasteiger partial charge in [-0.2, -0.15) is 0 Å². The van der Waals surface area contributed by atoms with Crippen LogP contribution < -0.4 is 10.1 Å². The van der Waals surface area contributed by atoms with Crippen LogP contribution in [0.4, 0.5) is 0 Å². The van der Waals surface area contributed by atoms with E-state index in [2.05, 4.69) is 10.3 Å². The number of carbonyl (C=O) groups is 1. The van der Waals surface area contributed by atoms with Gasteiger partial charge in [-0.15, -0.1) is 0 Å². The predicted molar refractivity (Wildman–Crippen MR) is 73.8 cm³/mol. The lowest BCUT2D eigenvalue weighted by Gasteiger charge is -2.10. The Morgan fingerprint density at radius 3 is 3.00 bits per heavy atom. The molecule has 0 atom stereocenters. The molecule has 1 fully saturated rings. The Morgan fingerprint density at radius 1 is 1.47 bits per heavy atom. The highest BCUT2D eigenvalue weighted by Crippen LogP contribution is 2.28. The summed E-state index contributed by atoms with van der Waals surface area (Å²) < 4.78 is 5.16. The van der Waals surface area contributed by atoms with Crippen molar-refractivity contribution in [3.8, 4) is 5.88 Å². The quantitative estimate of drug-likeness (QED) is 0.857. The Bertz CT molecular complexity index is 414. The lowest BCUT2D eigenvalue weighted by Crippen LogP contribution is -2.23. The third kappa shape index (κ3) is 4.23. The van der Waals surface area contributed by atoms with Gasteiger partial charge in [0.2, 0.25) is 11.8 Å². The average molecular weight is 262 g/mol. The maximum Gasteiger partial charge on any atom is 0.220 e. The van der Waals surface area contributed by atoms with Crippen molar-refractivity contribution in [3.05, 3.63) is 23.9 Å². The van der Waals surface area contributed by atoms with Gasteiger partial charge in [0.25, 0.3) is 0 Å². The van der Waals surface area contributed by atoms with Gasteiger partial charge in [0.15, 0.2) is 0 Å². The predicted octanol–water partition coefficient (Wildman–Crippen LogP) is 2.68. The minimum absolute atomic E-state index is 0.123. The van der Waals surface area contributed by atoms with Crippen LogP contribution in [0.5, 0.6) is 5.88 Å². The Balaban J connectivity index is 1.73. The average Bonchev–Trinajstić information content (AvgIpc) is 2.96. The summed E-state index contributed by atoms with van der Waals surface area (Å²) in [7, 11) is 1.59. The zero-order chi connectivity index (χ0) is 13.5. The van der Waals surface area contributed by atoms with Crippen LogP contribution in [0.25, 0.3) is 0 Å². The first kappa shape index (κ1) is 13.8. The van der Waals surface area contributed by atoms with Crippen LogP contribution >= 0.6 is 0 Å². The highest BCUT2D eigenvalue weighted by atomic mass is 16.5. The van der Waals surface area contributed by atoms with Crippen molar-refractivity contribution in [2.75, 3.05) is 7.11 Å². The minimum Gasteiger partial charge on any atom is -0.481 e. The summed E-state index contributed by atoms with van der Waals surface area (Å²) in [5.41, 5.74) is 0.916. The van der Waals surface area contributed by atoms with E-state index in [9.17, 15) is 4.79 Å². The van der Waals surface area contributed by atoms with Gasteiger partial charge in [0.1, 0.15) is 0 Å². The first-order chi connectivity index (χ1) is 9.29. The zero-order valence-electron chi connectivity index (χ0n) is 11.5. The molecule has 0 aliphatic heterocycles. The fourth-order valence-electron chi connectivity index (χ4n) is 2.66. The molecule has 1 aromatic heterocycles. The van der Waals surface area contributed by atoms with Crippen molar-refractivity contribution in [2.45, 2.75) is 45.1 Å². The van der Waals surface area contributed by atoms with Crippen LogP contribution in [0.3, 0.4) is 0 Å². The molecule has 1 aliphatic rings. The second kappa shape index (κ2) is 7.12. The zero-order valence-corrected chi connectivity index (χ0v) is 11.5. The molecule has 1 aliphatic carbocycles. The first-order valence-electron chi connectivity index (χ1n) is 7.04. The Morgan fingerprint density at radius 2 is 2.26 bits per heavy atom. The summed E-state index contributed by atoms with van der Waals surface area (Å²) in [6, 6.07) is 3.77. The summed E-state index contributed by atoms with van der Waals surface area (Å²) in [6.45, 7) is 0.487. The molecule has 0 saturated heterocycles. The van der Waals surface area contributed by atoms with Crippen molar-refractivity contribution in [3.63, 3.8) is 0 Å². The van der Waals surface area contributed by atoms with Crippen molar-refractivity contribution in [1.82, 2.24) is 10.3 Å². The van der Waals surface area contributed by atoms with Crippen molar-refractivity contribution >= 4 is 5.91 Å². The van der Waals surface area contributed by atoms with Crippen LogP contribution in [0.2, 0.25) is 0 Å². The lowest BCUT2D eigenvalue weighted by atomic mass is 10.0. The van der Waals surface area contributed by atoms with Gasteiger partial charge in [0, 0.05) is 24.7 Å². The first-order valence-corrected chi connectivity index (χ1v) is 7.04. The number of rotatable bonds is 6. The van der Waals surface area contributed by atoms with Gasteiger partial charge in [-0.3, -0.25) is 4.79 Å². The molecule has 0 spiro atoms. The molecule has 0 unspecified atom stereocenters. The Kier molecular flexibility index (Phi) is 5.19. The minimum atomic E-state index is 0.123. The Labute approximate surface area is 114 Å². The molecule has 104 valence electrons. The molecule has 0 radical (unpaired) electrons. The van der Waals surface area contributed by atoms with Gasteiger partial charge in [-0.05, 0) is 18.4 Å². The standard InChI is InChI=1S/C15H22N2O2/c1-19-15-13(7-4-10-16-15)11-17-14(18)9-8-12-5-2-3-6-12/h4,7,10,12H,2-3,5-6,8-9,11H2,1H3,(H,17,18). The van der Waals surface area contributed by atoms with Gasteiger partial charge in [0.05, 0.1) is 7.11 Å². The fraction of sp³-hybridized carbons (Fsp3) is 0.600. The van der Waals surface area contributed by atoms with Crippen LogP contribution in [0, 0.1) is 5.92 Å². The number of methoxy groups -OCH3 is 1. The lowest BCUT2D eigenvalue weighted by molar-refractivity contribution is -0.121. The third-order valence-corrected chi connectivity index (χ3v) is 3.77. The number of carbonyl (C=O) groups excluding carboxylic acids is 1. The second-order valence-electron chi connectivity index (χ2n) is 5.14. The largest absolute Gasteiger partial charge is 0.481 e. The molecule has 4 heteroatoms. The van der Waals surface area contributed by atoms with Crippen LogP contribution in [-0.4, -0.2) is 18.0 Å². The van der Waals surface area contributed by atoms with E-state index in [-0.39, 0.29) is 5.91 Å². The third-order valence-electron chi connectivity index (χ3n) is 3.77. The topological polar surface area (TPSA) is 51.2 Å². The van der Waals surface area contributed by atoms with E-state index in [0.29, 0.717) is 18.8 Å². The van der Waals surface area contributed by atoms with E-state index in [4.69, 9.17) is 4.74 Å².